The maximum Gasteiger partial charge on any atom is 0.294 e. The van der Waals surface area contributed by atoms with Gasteiger partial charge in [-0.3, -0.25) is 32.9 Å². The molecule has 0 saturated heterocycles. The predicted octanol–water partition coefficient (Wildman–Crippen LogP) is 7.48. The van der Waals surface area contributed by atoms with Crippen molar-refractivity contribution in [3.63, 3.8) is 0 Å². The van der Waals surface area contributed by atoms with Crippen molar-refractivity contribution in [2.45, 2.75) is 86.8 Å². The molecule has 16 nitrogen and oxygen atoms in total. The van der Waals surface area contributed by atoms with Gasteiger partial charge in [-0.25, -0.2) is 0 Å². The molecule has 0 bridgehead atoms. The van der Waals surface area contributed by atoms with Gasteiger partial charge in [-0.2, -0.15) is 29.8 Å². The molecule has 4 N–H and O–H groups in total. The number of nitrogens with one attached hydrogen (secondary N) is 1. The van der Waals surface area contributed by atoms with Crippen molar-refractivity contribution in [1.29, 1.82) is 0 Å². The van der Waals surface area contributed by atoms with Crippen LogP contribution in [0.2, 0.25) is 0 Å². The van der Waals surface area contributed by atoms with Crippen molar-refractivity contribution in [2.24, 2.45) is 0 Å². The normalized spacial score (nSPS) is 17.5. The number of carbonyl (C=O) groups excluding carboxylic acids is 3. The summed E-state index contributed by atoms with van der Waals surface area (Å²) in [6.07, 6.45) is 19.1. The van der Waals surface area contributed by atoms with Crippen molar-refractivity contribution >= 4 is 86.7 Å². The van der Waals surface area contributed by atoms with E-state index in [4.69, 9.17) is 0 Å². The van der Waals surface area contributed by atoms with E-state index >= 15 is 0 Å². The smallest absolute Gasteiger partial charge is 0.294 e. The fourth-order valence-corrected chi connectivity index (χ4v) is 11.4. The Bertz CT molecular complexity index is 3310. The summed E-state index contributed by atoms with van der Waals surface area (Å²) in [7, 11) is -13.0. The second kappa shape index (κ2) is 20.3. The molecule has 0 radical (unpaired) electrons. The first-order valence-corrected chi connectivity index (χ1v) is 27.4. The van der Waals surface area contributed by atoms with Crippen molar-refractivity contribution < 1.29 is 57.9 Å². The first kappa shape index (κ1) is 51.8. The Hall–Kier alpha value is -6.09. The second-order valence-corrected chi connectivity index (χ2v) is 23.0. The monoisotopic (exact) mass is 1010 g/mol. The van der Waals surface area contributed by atoms with Gasteiger partial charge in [0.05, 0.1) is 21.0 Å². The van der Waals surface area contributed by atoms with Crippen LogP contribution in [0.25, 0.3) is 21.5 Å². The third kappa shape index (κ3) is 11.2. The Morgan fingerprint density at radius 3 is 1.89 bits per heavy atom. The zero-order valence-corrected chi connectivity index (χ0v) is 41.8. The number of rotatable bonds is 20. The fraction of sp³-hybridized carbons (Fsp3) is 0.333. The molecule has 0 aliphatic carbocycles. The van der Waals surface area contributed by atoms with E-state index in [-0.39, 0.29) is 47.4 Å². The number of allylic oxidation sites excluding steroid dienone is 8. The van der Waals surface area contributed by atoms with Gasteiger partial charge >= 0.3 is 0 Å². The molecule has 0 spiro atoms. The highest BCUT2D eigenvalue weighted by atomic mass is 32.2. The Kier molecular flexibility index (Phi) is 15.0. The van der Waals surface area contributed by atoms with E-state index in [1.807, 2.05) is 60.7 Å². The van der Waals surface area contributed by atoms with Gasteiger partial charge < -0.3 is 10.2 Å². The molecule has 7 rings (SSSR count). The summed E-state index contributed by atoms with van der Waals surface area (Å²) in [5.74, 6) is -1.33. The van der Waals surface area contributed by atoms with E-state index in [1.165, 1.54) is 36.4 Å². The van der Waals surface area contributed by atoms with Gasteiger partial charge in [0.2, 0.25) is 11.6 Å². The molecule has 4 aromatic rings. The lowest BCUT2D eigenvalue weighted by atomic mass is 9.79. The molecular weight excluding hydrogens is 957 g/mol. The highest BCUT2D eigenvalue weighted by Crippen LogP contribution is 2.51. The van der Waals surface area contributed by atoms with Crippen LogP contribution in [0.3, 0.4) is 0 Å². The van der Waals surface area contributed by atoms with Crippen LogP contribution in [0.15, 0.2) is 131 Å². The van der Waals surface area contributed by atoms with E-state index in [1.54, 1.807) is 18.2 Å². The van der Waals surface area contributed by atoms with Crippen LogP contribution in [0.1, 0.15) is 77.3 Å². The number of fused-ring (bicyclic) bond motifs is 6. The molecule has 0 unspecified atom stereocenters. The molecule has 0 atom stereocenters. The van der Waals surface area contributed by atoms with Crippen LogP contribution in [-0.4, -0.2) is 104 Å². The SMILES string of the molecule is CC1(C)C(/C=C/C=C/C=C/C=C2/N(CCCCS(=O)(=O)O)c3ccc4cc(S(=O)(=O)O)ccc4c3C2(C)C)=[N+](CCCCCC(=O)NCCN2C(=O)C=CC2=O)c2ccc3cc(S(=O)(=O)O)ccc3c21. The number of amides is 3. The lowest BCUT2D eigenvalue weighted by Gasteiger charge is -2.27. The molecular formula is C51H57N4O12S3+. The van der Waals surface area contributed by atoms with Crippen molar-refractivity contribution in [3.05, 3.63) is 132 Å². The topological polar surface area (TPSA) is 236 Å². The first-order valence-electron chi connectivity index (χ1n) is 22.9. The summed E-state index contributed by atoms with van der Waals surface area (Å²) < 4.78 is 102. The number of hydrogen-bond donors (Lipinski definition) is 4. The van der Waals surface area contributed by atoms with Crippen LogP contribution in [0, 0.1) is 0 Å². The molecule has 3 aliphatic rings. The molecule has 70 heavy (non-hydrogen) atoms. The molecule has 3 amide bonds. The Labute approximate surface area is 408 Å². The lowest BCUT2D eigenvalue weighted by Crippen LogP contribution is -2.38. The summed E-state index contributed by atoms with van der Waals surface area (Å²) in [4.78, 5) is 39.0. The van der Waals surface area contributed by atoms with E-state index in [9.17, 15) is 53.3 Å². The predicted molar refractivity (Wildman–Crippen MR) is 269 cm³/mol. The van der Waals surface area contributed by atoms with E-state index in [0.717, 1.165) is 62.4 Å². The average Bonchev–Trinajstić information content (AvgIpc) is 3.80. The number of benzene rings is 4. The number of hydrogen-bond acceptors (Lipinski definition) is 10. The number of anilines is 1. The van der Waals surface area contributed by atoms with Gasteiger partial charge in [-0.1, -0.05) is 62.4 Å². The zero-order chi connectivity index (χ0) is 50.8. The van der Waals surface area contributed by atoms with Crippen molar-refractivity contribution in [1.82, 2.24) is 10.2 Å². The van der Waals surface area contributed by atoms with E-state index in [0.29, 0.717) is 36.7 Å². The van der Waals surface area contributed by atoms with Gasteiger partial charge in [0.1, 0.15) is 6.54 Å². The molecule has 3 aliphatic heterocycles. The van der Waals surface area contributed by atoms with Gasteiger partial charge in [0.15, 0.2) is 5.71 Å². The quantitative estimate of drug-likeness (QED) is 0.0221. The van der Waals surface area contributed by atoms with Crippen molar-refractivity contribution in [2.75, 3.05) is 36.8 Å². The Morgan fingerprint density at radius 1 is 0.657 bits per heavy atom. The van der Waals surface area contributed by atoms with Gasteiger partial charge in [0, 0.05) is 79.1 Å². The van der Waals surface area contributed by atoms with Crippen LogP contribution in [0.4, 0.5) is 11.4 Å². The first-order chi connectivity index (χ1) is 32.9. The summed E-state index contributed by atoms with van der Waals surface area (Å²) >= 11 is 0. The highest BCUT2D eigenvalue weighted by Gasteiger charge is 2.45. The van der Waals surface area contributed by atoms with Gasteiger partial charge in [-0.05, 0) is 109 Å². The van der Waals surface area contributed by atoms with E-state index in [2.05, 4.69) is 42.5 Å². The Morgan fingerprint density at radius 2 is 1.26 bits per heavy atom. The standard InChI is InChI=1S/C51H56N4O12S3/c1-50(2)43(53(41-24-18-35-33-37(69(62,63)64)20-22-39(35)48(41)50)29-12-8-11-17-45(56)52-28-31-55-46(57)26-27-47(55)58)15-9-6-5-7-10-16-44-51(3,4)49-40-23-21-38(70(65,66)67)34-36(40)19-25-42(49)54(44)30-13-14-32-68(59,60)61/h5-7,9-10,15-16,18-27,33-34H,8,11-14,17,28-32H2,1-4H3,(H3-,52,56,59,60,61,62,63,64,65,66,67)/p+1. The van der Waals surface area contributed by atoms with Crippen LogP contribution in [0.5, 0.6) is 0 Å². The molecule has 0 aromatic heterocycles. The summed E-state index contributed by atoms with van der Waals surface area (Å²) in [6.45, 7) is 9.67. The number of carbonyl (C=O) groups is 3. The van der Waals surface area contributed by atoms with Crippen LogP contribution in [-0.2, 0) is 55.6 Å². The van der Waals surface area contributed by atoms with Crippen LogP contribution >= 0.6 is 0 Å². The summed E-state index contributed by atoms with van der Waals surface area (Å²) in [6, 6.07) is 16.6. The Balaban J connectivity index is 1.10. The maximum atomic E-state index is 12.6. The van der Waals surface area contributed by atoms with Crippen LogP contribution < -0.4 is 10.2 Å². The number of imide groups is 1. The molecule has 0 fully saturated rings. The third-order valence-corrected chi connectivity index (χ3v) is 15.6. The van der Waals surface area contributed by atoms with E-state index < -0.39 is 53.0 Å². The van der Waals surface area contributed by atoms with Crippen molar-refractivity contribution in [3.8, 4) is 0 Å². The average molecular weight is 1010 g/mol. The molecule has 3 heterocycles. The fourth-order valence-electron chi connectivity index (χ4n) is 9.77. The third-order valence-electron chi connectivity index (χ3n) is 13.1. The highest BCUT2D eigenvalue weighted by molar-refractivity contribution is 7.86. The summed E-state index contributed by atoms with van der Waals surface area (Å²) in [5, 5.41) is 5.73. The minimum Gasteiger partial charge on any atom is -0.354 e. The molecule has 4 aromatic carbocycles. The summed E-state index contributed by atoms with van der Waals surface area (Å²) in [5.41, 5.74) is 4.56. The number of nitrogens with zero attached hydrogens (tertiary/aromatic N) is 3. The molecule has 0 saturated carbocycles. The largest absolute Gasteiger partial charge is 0.354 e. The zero-order valence-electron chi connectivity index (χ0n) is 39.3. The lowest BCUT2D eigenvalue weighted by molar-refractivity contribution is -0.438. The molecule has 370 valence electrons. The maximum absolute atomic E-state index is 12.6. The minimum absolute atomic E-state index is 0.103. The molecule has 19 heteroatoms. The van der Waals surface area contributed by atoms with Gasteiger partial charge in [-0.15, -0.1) is 0 Å². The van der Waals surface area contributed by atoms with Gasteiger partial charge in [0.25, 0.3) is 42.2 Å². The minimum atomic E-state index is -4.43. The number of unbranched alkanes of at least 4 members (excludes halogenated alkanes) is 3. The second-order valence-electron chi connectivity index (χ2n) is 18.6.